The highest BCUT2D eigenvalue weighted by molar-refractivity contribution is 7.79. The molecule has 0 amide bonds. The van der Waals surface area contributed by atoms with Gasteiger partial charge in [0.15, 0.2) is 17.4 Å². The van der Waals surface area contributed by atoms with Crippen LogP contribution in [0.1, 0.15) is 168 Å². The first-order valence-corrected chi connectivity index (χ1v) is 16.1. The van der Waals surface area contributed by atoms with E-state index in [1.54, 1.807) is 0 Å². The van der Waals surface area contributed by atoms with Crippen molar-refractivity contribution in [2.24, 2.45) is 0 Å². The molecule has 0 aliphatic carbocycles. The van der Waals surface area contributed by atoms with Crippen molar-refractivity contribution >= 4 is 27.8 Å². The lowest BCUT2D eigenvalue weighted by atomic mass is 10.1. The summed E-state index contributed by atoms with van der Waals surface area (Å²) in [7, 11) is -4.67. The zero-order valence-corrected chi connectivity index (χ0v) is 23.7. The van der Waals surface area contributed by atoms with Crippen LogP contribution in [0.2, 0.25) is 0 Å². The van der Waals surface area contributed by atoms with Gasteiger partial charge in [-0.05, 0) is 12.8 Å². The molecule has 0 bridgehead atoms. The second-order valence-corrected chi connectivity index (χ2v) is 10.7. The van der Waals surface area contributed by atoms with Crippen LogP contribution >= 0.6 is 0 Å². The van der Waals surface area contributed by atoms with Gasteiger partial charge in [-0.1, -0.05) is 155 Å². The molecule has 0 aromatic rings. The van der Waals surface area contributed by atoms with Crippen LogP contribution in [0.25, 0.3) is 0 Å². The molecule has 0 spiro atoms. The summed E-state index contributed by atoms with van der Waals surface area (Å²) >= 11 is 0. The Hall–Kier alpha value is 0.362. The van der Waals surface area contributed by atoms with Crippen LogP contribution in [0.5, 0.6) is 0 Å². The van der Waals surface area contributed by atoms with Crippen molar-refractivity contribution in [3.8, 4) is 0 Å². The minimum absolute atomic E-state index is 0. The molecule has 0 saturated carbocycles. The molecule has 0 saturated heterocycles. The summed E-state index contributed by atoms with van der Waals surface area (Å²) in [6.07, 6.45) is 34.1. The van der Waals surface area contributed by atoms with Gasteiger partial charge in [-0.2, -0.15) is 8.42 Å². The van der Waals surface area contributed by atoms with E-state index in [2.05, 4.69) is 13.8 Å². The molecule has 0 aliphatic heterocycles. The highest BCUT2D eigenvalue weighted by Crippen LogP contribution is 2.13. The van der Waals surface area contributed by atoms with Crippen molar-refractivity contribution in [3.63, 3.8) is 0 Å². The highest BCUT2D eigenvalue weighted by atomic mass is 32.3. The van der Waals surface area contributed by atoms with E-state index >= 15 is 0 Å². The Kier molecular flexibility index (Phi) is 39.1. The van der Waals surface area contributed by atoms with E-state index in [0.29, 0.717) is 0 Å². The Morgan fingerprint density at radius 2 is 0.600 bits per heavy atom. The summed E-state index contributed by atoms with van der Waals surface area (Å²) in [6, 6.07) is 0. The number of unbranched alkanes of at least 4 members (excludes halogenated alkanes) is 22. The number of rotatable bonds is 26. The summed E-state index contributed by atoms with van der Waals surface area (Å²) in [5.41, 5.74) is 0. The molecule has 35 heavy (non-hydrogen) atoms. The topological polar surface area (TPSA) is 83.8 Å². The zero-order chi connectivity index (χ0) is 25.6. The van der Waals surface area contributed by atoms with Gasteiger partial charge in [0, 0.05) is 13.2 Å². The standard InChI is InChI=1S/C28H58O.Al.H2O4S.3H/c1-3-5-7-9-11-13-15-17-19-21-23-25-27-29-28-26-24-22-20-18-16-14-12-10-8-6-4-2;;1-5(2,3)4;;;/h3-28H2,1-2H3;;(H2,1,2,3,4);;;. The van der Waals surface area contributed by atoms with Gasteiger partial charge < -0.3 is 4.74 Å². The van der Waals surface area contributed by atoms with Gasteiger partial charge in [0.05, 0.1) is 0 Å². The molecule has 214 valence electrons. The Morgan fingerprint density at radius 3 is 0.800 bits per heavy atom. The van der Waals surface area contributed by atoms with Crippen LogP contribution in [0.4, 0.5) is 0 Å². The average molecular weight is 539 g/mol. The maximum Gasteiger partial charge on any atom is 0.394 e. The van der Waals surface area contributed by atoms with E-state index in [1.807, 2.05) is 0 Å². The number of hydrogen-bond acceptors (Lipinski definition) is 3. The Labute approximate surface area is 230 Å². The van der Waals surface area contributed by atoms with Gasteiger partial charge in [-0.15, -0.1) is 0 Å². The third kappa shape index (κ3) is 51.8. The third-order valence-corrected chi connectivity index (χ3v) is 6.28. The van der Waals surface area contributed by atoms with Gasteiger partial charge in [0.25, 0.3) is 0 Å². The molecule has 0 atom stereocenters. The van der Waals surface area contributed by atoms with Gasteiger partial charge in [-0.25, -0.2) is 0 Å². The fraction of sp³-hybridized carbons (Fsp3) is 1.00. The highest BCUT2D eigenvalue weighted by Gasteiger charge is 1.96. The quantitative estimate of drug-likeness (QED) is 0.0654. The van der Waals surface area contributed by atoms with Crippen LogP contribution in [-0.2, 0) is 15.1 Å². The Morgan fingerprint density at radius 1 is 0.429 bits per heavy atom. The molecule has 0 rings (SSSR count). The summed E-state index contributed by atoms with van der Waals surface area (Å²) < 4.78 is 37.4. The number of hydrogen-bond donors (Lipinski definition) is 2. The van der Waals surface area contributed by atoms with E-state index in [-0.39, 0.29) is 17.4 Å². The largest absolute Gasteiger partial charge is 0.394 e. The SMILES string of the molecule is CCCCCCCCCCCCCCOCCCCCCCCCCCCCC.O=S(=O)(O)O.[AlH3]. The lowest BCUT2D eigenvalue weighted by molar-refractivity contribution is 0.125. The van der Waals surface area contributed by atoms with E-state index in [4.69, 9.17) is 22.3 Å². The minimum Gasteiger partial charge on any atom is -0.381 e. The number of ether oxygens (including phenoxy) is 1. The predicted octanol–water partition coefficient (Wildman–Crippen LogP) is 8.57. The average Bonchev–Trinajstić information content (AvgIpc) is 2.78. The molecule has 0 heterocycles. The van der Waals surface area contributed by atoms with Crippen molar-refractivity contribution < 1.29 is 22.3 Å². The first kappa shape index (κ1) is 39.9. The summed E-state index contributed by atoms with van der Waals surface area (Å²) in [5, 5.41) is 0. The van der Waals surface area contributed by atoms with E-state index in [0.717, 1.165) is 13.2 Å². The molecule has 5 nitrogen and oxygen atoms in total. The van der Waals surface area contributed by atoms with Crippen molar-refractivity contribution in [3.05, 3.63) is 0 Å². The fourth-order valence-corrected chi connectivity index (χ4v) is 4.19. The van der Waals surface area contributed by atoms with Crippen LogP contribution in [0.15, 0.2) is 0 Å². The van der Waals surface area contributed by atoms with E-state index < -0.39 is 10.4 Å². The van der Waals surface area contributed by atoms with Crippen molar-refractivity contribution in [1.29, 1.82) is 0 Å². The van der Waals surface area contributed by atoms with Crippen LogP contribution in [0.3, 0.4) is 0 Å². The van der Waals surface area contributed by atoms with Crippen LogP contribution in [0, 0.1) is 0 Å². The Bertz CT molecular complexity index is 426. The lowest BCUT2D eigenvalue weighted by Gasteiger charge is -2.05. The normalized spacial score (nSPS) is 11.1. The molecule has 2 N–H and O–H groups in total. The molecule has 0 unspecified atom stereocenters. The molecular formula is C28H63AlO5S. The summed E-state index contributed by atoms with van der Waals surface area (Å²) in [6.45, 7) is 6.58. The molecule has 0 fully saturated rings. The smallest absolute Gasteiger partial charge is 0.381 e. The summed E-state index contributed by atoms with van der Waals surface area (Å²) in [4.78, 5) is 0. The predicted molar refractivity (Wildman–Crippen MR) is 157 cm³/mol. The second-order valence-electron chi connectivity index (χ2n) is 9.84. The monoisotopic (exact) mass is 538 g/mol. The first-order chi connectivity index (χ1) is 16.4. The van der Waals surface area contributed by atoms with Gasteiger partial charge in [0.1, 0.15) is 0 Å². The third-order valence-electron chi connectivity index (χ3n) is 6.28. The molecule has 7 heteroatoms. The van der Waals surface area contributed by atoms with Gasteiger partial charge in [0.2, 0.25) is 0 Å². The minimum atomic E-state index is -4.67. The molecule has 0 aromatic heterocycles. The lowest BCUT2D eigenvalue weighted by Crippen LogP contribution is -1.97. The van der Waals surface area contributed by atoms with Crippen LogP contribution < -0.4 is 0 Å². The van der Waals surface area contributed by atoms with Crippen LogP contribution in [-0.4, -0.2) is 48.1 Å². The summed E-state index contributed by atoms with van der Waals surface area (Å²) in [5.74, 6) is 0. The molecule has 0 aliphatic rings. The first-order valence-electron chi connectivity index (χ1n) is 14.7. The maximum atomic E-state index is 8.74. The van der Waals surface area contributed by atoms with Crippen molar-refractivity contribution in [2.75, 3.05) is 13.2 Å². The maximum absolute atomic E-state index is 8.74. The Balaban J connectivity index is -0.00000154. The van der Waals surface area contributed by atoms with Crippen molar-refractivity contribution in [1.82, 2.24) is 0 Å². The van der Waals surface area contributed by atoms with Gasteiger partial charge >= 0.3 is 10.4 Å². The molecule has 0 radical (unpaired) electrons. The van der Waals surface area contributed by atoms with Gasteiger partial charge in [-0.3, -0.25) is 9.11 Å². The second kappa shape index (κ2) is 34.4. The fourth-order valence-electron chi connectivity index (χ4n) is 4.19. The van der Waals surface area contributed by atoms with E-state index in [9.17, 15) is 0 Å². The van der Waals surface area contributed by atoms with E-state index in [1.165, 1.54) is 154 Å². The van der Waals surface area contributed by atoms with Crippen molar-refractivity contribution in [2.45, 2.75) is 168 Å². The molecular weight excluding hydrogens is 475 g/mol. The molecule has 0 aromatic carbocycles. The zero-order valence-electron chi connectivity index (χ0n) is 22.9.